The van der Waals surface area contributed by atoms with E-state index < -0.39 is 12.1 Å². The molecule has 0 spiro atoms. The molecule has 18 heavy (non-hydrogen) atoms. The number of imide groups is 1. The first kappa shape index (κ1) is 12.8. The van der Waals surface area contributed by atoms with Gasteiger partial charge in [-0.05, 0) is 6.42 Å². The summed E-state index contributed by atoms with van der Waals surface area (Å²) in [4.78, 5) is 38.1. The maximum Gasteiger partial charge on any atom is 0.325 e. The Bertz CT molecular complexity index is 365. The first-order valence-electron chi connectivity index (χ1n) is 6.24. The molecule has 0 aliphatic carbocycles. The molecule has 7 heteroatoms. The molecule has 100 valence electrons. The maximum atomic E-state index is 12.0. The topological polar surface area (TPSA) is 81.8 Å². The van der Waals surface area contributed by atoms with Crippen LogP contribution in [0, 0.1) is 0 Å². The van der Waals surface area contributed by atoms with Crippen LogP contribution in [-0.2, 0) is 9.59 Å². The Morgan fingerprint density at radius 3 is 2.56 bits per heavy atom. The molecule has 2 rings (SSSR count). The second-order valence-electron chi connectivity index (χ2n) is 4.47. The molecular weight excluding hydrogens is 236 g/mol. The van der Waals surface area contributed by atoms with Crippen molar-refractivity contribution in [2.75, 3.05) is 32.7 Å². The number of urea groups is 1. The maximum absolute atomic E-state index is 12.0. The molecule has 0 radical (unpaired) electrons. The van der Waals surface area contributed by atoms with Gasteiger partial charge in [0.25, 0.3) is 5.91 Å². The van der Waals surface area contributed by atoms with Crippen LogP contribution in [0.5, 0.6) is 0 Å². The van der Waals surface area contributed by atoms with Gasteiger partial charge < -0.3 is 15.5 Å². The van der Waals surface area contributed by atoms with E-state index in [2.05, 4.69) is 10.6 Å². The molecule has 0 aromatic rings. The fourth-order valence-corrected chi connectivity index (χ4v) is 2.15. The molecule has 0 saturated carbocycles. The van der Waals surface area contributed by atoms with Gasteiger partial charge in [0, 0.05) is 26.2 Å². The highest BCUT2D eigenvalue weighted by Crippen LogP contribution is 2.09. The van der Waals surface area contributed by atoms with E-state index in [4.69, 9.17) is 0 Å². The third-order valence-electron chi connectivity index (χ3n) is 3.28. The first-order chi connectivity index (χ1) is 8.63. The van der Waals surface area contributed by atoms with Gasteiger partial charge in [0.2, 0.25) is 5.91 Å². The number of rotatable bonds is 3. The minimum absolute atomic E-state index is 0.152. The first-order valence-corrected chi connectivity index (χ1v) is 6.24. The normalized spacial score (nSPS) is 24.4. The van der Waals surface area contributed by atoms with Crippen molar-refractivity contribution < 1.29 is 14.4 Å². The van der Waals surface area contributed by atoms with Gasteiger partial charge in [0.05, 0.1) is 0 Å². The van der Waals surface area contributed by atoms with Gasteiger partial charge in [0.1, 0.15) is 12.6 Å². The van der Waals surface area contributed by atoms with E-state index in [1.165, 1.54) is 0 Å². The summed E-state index contributed by atoms with van der Waals surface area (Å²) in [5, 5.41) is 5.71. The summed E-state index contributed by atoms with van der Waals surface area (Å²) < 4.78 is 0. The zero-order valence-corrected chi connectivity index (χ0v) is 10.4. The van der Waals surface area contributed by atoms with E-state index in [9.17, 15) is 14.4 Å². The minimum Gasteiger partial charge on any atom is -0.339 e. The van der Waals surface area contributed by atoms with Crippen LogP contribution < -0.4 is 10.6 Å². The van der Waals surface area contributed by atoms with Crippen LogP contribution in [0.1, 0.15) is 13.3 Å². The summed E-state index contributed by atoms with van der Waals surface area (Å²) in [7, 11) is 0. The molecular formula is C11H18N4O3. The molecule has 2 N–H and O–H groups in total. The third kappa shape index (κ3) is 2.45. The minimum atomic E-state index is -0.478. The Morgan fingerprint density at radius 2 is 2.00 bits per heavy atom. The summed E-state index contributed by atoms with van der Waals surface area (Å²) in [6.45, 7) is 4.43. The molecule has 4 amide bonds. The number of amides is 4. The second kappa shape index (κ2) is 5.34. The average molecular weight is 254 g/mol. The molecule has 0 aromatic carbocycles. The molecule has 1 atom stereocenters. The summed E-state index contributed by atoms with van der Waals surface area (Å²) in [5.74, 6) is -0.470. The zero-order chi connectivity index (χ0) is 13.1. The molecule has 2 aliphatic heterocycles. The second-order valence-corrected chi connectivity index (χ2v) is 4.47. The number of hydrogen-bond acceptors (Lipinski definition) is 4. The number of piperazine rings is 1. The van der Waals surface area contributed by atoms with E-state index in [1.807, 2.05) is 6.92 Å². The molecule has 2 saturated heterocycles. The smallest absolute Gasteiger partial charge is 0.325 e. The van der Waals surface area contributed by atoms with Crippen molar-refractivity contribution in [1.82, 2.24) is 20.4 Å². The molecule has 2 fully saturated rings. The van der Waals surface area contributed by atoms with Crippen molar-refractivity contribution in [3.8, 4) is 0 Å². The number of hydrogen-bond donors (Lipinski definition) is 2. The lowest BCUT2D eigenvalue weighted by Gasteiger charge is -2.28. The van der Waals surface area contributed by atoms with Crippen LogP contribution in [-0.4, -0.2) is 66.4 Å². The van der Waals surface area contributed by atoms with Gasteiger partial charge in [-0.25, -0.2) is 4.79 Å². The van der Waals surface area contributed by atoms with Crippen molar-refractivity contribution >= 4 is 17.8 Å². The van der Waals surface area contributed by atoms with Gasteiger partial charge in [-0.3, -0.25) is 14.5 Å². The summed E-state index contributed by atoms with van der Waals surface area (Å²) in [6, 6.07) is -0.941. The fourth-order valence-electron chi connectivity index (χ4n) is 2.15. The van der Waals surface area contributed by atoms with Gasteiger partial charge in [-0.15, -0.1) is 0 Å². The van der Waals surface area contributed by atoms with Crippen LogP contribution in [0.4, 0.5) is 4.79 Å². The highest BCUT2D eigenvalue weighted by molar-refractivity contribution is 6.06. The van der Waals surface area contributed by atoms with Gasteiger partial charge in [-0.1, -0.05) is 6.92 Å². The lowest BCUT2D eigenvalue weighted by atomic mass is 10.2. The molecule has 7 nitrogen and oxygen atoms in total. The van der Waals surface area contributed by atoms with Gasteiger partial charge >= 0.3 is 6.03 Å². The van der Waals surface area contributed by atoms with E-state index in [0.717, 1.165) is 18.0 Å². The molecule has 2 aliphatic rings. The Balaban J connectivity index is 1.94. The lowest BCUT2D eigenvalue weighted by Crippen LogP contribution is -2.50. The molecule has 1 unspecified atom stereocenters. The Hall–Kier alpha value is -1.63. The van der Waals surface area contributed by atoms with Crippen LogP contribution in [0.15, 0.2) is 0 Å². The quantitative estimate of drug-likeness (QED) is 0.617. The average Bonchev–Trinajstić information content (AvgIpc) is 2.67. The van der Waals surface area contributed by atoms with E-state index in [0.29, 0.717) is 19.5 Å². The predicted molar refractivity (Wildman–Crippen MR) is 63.8 cm³/mol. The van der Waals surface area contributed by atoms with E-state index in [1.54, 1.807) is 4.90 Å². The van der Waals surface area contributed by atoms with Crippen molar-refractivity contribution in [3.05, 3.63) is 0 Å². The van der Waals surface area contributed by atoms with Gasteiger partial charge in [0.15, 0.2) is 0 Å². The Morgan fingerprint density at radius 1 is 1.33 bits per heavy atom. The lowest BCUT2D eigenvalue weighted by molar-refractivity contribution is -0.137. The standard InChI is InChI=1S/C11H18N4O3/c1-2-8-10(17)15(11(18)13-8)7-9(16)14-5-3-12-4-6-14/h8,12H,2-7H2,1H3,(H,13,18). The zero-order valence-electron chi connectivity index (χ0n) is 10.4. The Labute approximate surface area is 105 Å². The van der Waals surface area contributed by atoms with Crippen molar-refractivity contribution in [2.24, 2.45) is 0 Å². The summed E-state index contributed by atoms with van der Waals surface area (Å²) >= 11 is 0. The molecule has 0 bridgehead atoms. The number of nitrogens with zero attached hydrogens (tertiary/aromatic N) is 2. The molecule has 0 aromatic heterocycles. The fraction of sp³-hybridized carbons (Fsp3) is 0.727. The van der Waals surface area contributed by atoms with Crippen molar-refractivity contribution in [2.45, 2.75) is 19.4 Å². The number of carbonyl (C=O) groups excluding carboxylic acids is 3. The van der Waals surface area contributed by atoms with Crippen molar-refractivity contribution in [3.63, 3.8) is 0 Å². The van der Waals surface area contributed by atoms with E-state index in [-0.39, 0.29) is 18.4 Å². The van der Waals surface area contributed by atoms with Crippen LogP contribution in [0.25, 0.3) is 0 Å². The largest absolute Gasteiger partial charge is 0.339 e. The summed E-state index contributed by atoms with van der Waals surface area (Å²) in [5.41, 5.74) is 0. The number of nitrogens with one attached hydrogen (secondary N) is 2. The van der Waals surface area contributed by atoms with Crippen LogP contribution in [0.3, 0.4) is 0 Å². The van der Waals surface area contributed by atoms with Crippen LogP contribution in [0.2, 0.25) is 0 Å². The monoisotopic (exact) mass is 254 g/mol. The van der Waals surface area contributed by atoms with Crippen molar-refractivity contribution in [1.29, 1.82) is 0 Å². The van der Waals surface area contributed by atoms with Crippen LogP contribution >= 0.6 is 0 Å². The highest BCUT2D eigenvalue weighted by Gasteiger charge is 2.38. The SMILES string of the molecule is CCC1NC(=O)N(CC(=O)N2CCNCC2)C1=O. The Kier molecular flexibility index (Phi) is 3.81. The van der Waals surface area contributed by atoms with Gasteiger partial charge in [-0.2, -0.15) is 0 Å². The predicted octanol–water partition coefficient (Wildman–Crippen LogP) is -1.25. The molecule has 2 heterocycles. The summed E-state index contributed by atoms with van der Waals surface area (Å²) in [6.07, 6.45) is 0.545. The highest BCUT2D eigenvalue weighted by atomic mass is 16.2. The van der Waals surface area contributed by atoms with E-state index >= 15 is 0 Å². The number of carbonyl (C=O) groups is 3. The third-order valence-corrected chi connectivity index (χ3v) is 3.28.